The number of methoxy groups -OCH3 is 1. The molecule has 1 fully saturated rings. The summed E-state index contributed by atoms with van der Waals surface area (Å²) in [5, 5.41) is 0. The van der Waals surface area contributed by atoms with E-state index in [1.54, 1.807) is 7.11 Å². The van der Waals surface area contributed by atoms with E-state index < -0.39 is 6.17 Å². The van der Waals surface area contributed by atoms with Gasteiger partial charge in [0.25, 0.3) is 0 Å². The molecule has 1 aliphatic rings. The third-order valence-corrected chi connectivity index (χ3v) is 2.31. The van der Waals surface area contributed by atoms with Crippen LogP contribution in [0.2, 0.25) is 0 Å². The van der Waals surface area contributed by atoms with Gasteiger partial charge in [-0.05, 0) is 25.8 Å². The van der Waals surface area contributed by atoms with E-state index in [2.05, 4.69) is 4.90 Å². The molecule has 1 unspecified atom stereocenters. The number of nitrogens with zero attached hydrogens (tertiary/aromatic N) is 1. The molecule has 0 aliphatic carbocycles. The molecular weight excluding hydrogens is 157 g/mol. The van der Waals surface area contributed by atoms with Crippen LogP contribution in [0, 0.1) is 0 Å². The molecule has 72 valence electrons. The number of likely N-dealkylation sites (tertiary alicyclic amines) is 1. The van der Waals surface area contributed by atoms with Crippen molar-refractivity contribution in [2.45, 2.75) is 25.4 Å². The molecule has 0 bridgehead atoms. The number of hydrogen-bond acceptors (Lipinski definition) is 2. The molecular formula is C9H18FNO. The van der Waals surface area contributed by atoms with E-state index in [1.807, 2.05) is 0 Å². The number of hydrogen-bond donors (Lipinski definition) is 0. The summed E-state index contributed by atoms with van der Waals surface area (Å²) in [6, 6.07) is 0. The fourth-order valence-electron chi connectivity index (χ4n) is 1.59. The Morgan fingerprint density at radius 3 is 3.08 bits per heavy atom. The summed E-state index contributed by atoms with van der Waals surface area (Å²) in [6.45, 7) is 3.22. The Morgan fingerprint density at radius 1 is 1.50 bits per heavy atom. The Balaban J connectivity index is 2.21. The number of ether oxygens (including phenoxy) is 1. The van der Waals surface area contributed by atoms with E-state index in [1.165, 1.54) is 0 Å². The molecule has 0 N–H and O–H groups in total. The van der Waals surface area contributed by atoms with Crippen molar-refractivity contribution in [2.75, 3.05) is 33.4 Å². The summed E-state index contributed by atoms with van der Waals surface area (Å²) in [5.41, 5.74) is 0. The van der Waals surface area contributed by atoms with E-state index >= 15 is 0 Å². The minimum atomic E-state index is -0.621. The maximum atomic E-state index is 13.0. The van der Waals surface area contributed by atoms with Gasteiger partial charge in [-0.25, -0.2) is 4.39 Å². The topological polar surface area (TPSA) is 12.5 Å². The van der Waals surface area contributed by atoms with Crippen LogP contribution in [-0.4, -0.2) is 44.4 Å². The van der Waals surface area contributed by atoms with E-state index in [-0.39, 0.29) is 0 Å². The molecule has 3 heteroatoms. The predicted molar refractivity (Wildman–Crippen MR) is 47.1 cm³/mol. The van der Waals surface area contributed by atoms with Gasteiger partial charge >= 0.3 is 0 Å². The second kappa shape index (κ2) is 5.49. The molecule has 0 saturated carbocycles. The van der Waals surface area contributed by atoms with Gasteiger partial charge in [0.1, 0.15) is 6.17 Å². The van der Waals surface area contributed by atoms with Gasteiger partial charge in [0.05, 0.1) is 6.61 Å². The number of rotatable bonds is 3. The van der Waals surface area contributed by atoms with Crippen LogP contribution in [0.3, 0.4) is 0 Å². The molecule has 2 nitrogen and oxygen atoms in total. The fourth-order valence-corrected chi connectivity index (χ4v) is 1.59. The highest BCUT2D eigenvalue weighted by atomic mass is 19.1. The molecule has 12 heavy (non-hydrogen) atoms. The molecule has 0 aromatic heterocycles. The standard InChI is InChI=1S/C9H18FNO/c1-12-7-6-11-5-3-2-4-9(10)8-11/h9H,2-8H2,1H3. The third-order valence-electron chi connectivity index (χ3n) is 2.31. The lowest BCUT2D eigenvalue weighted by molar-refractivity contribution is 0.133. The number of alkyl halides is 1. The van der Waals surface area contributed by atoms with Crippen LogP contribution < -0.4 is 0 Å². The van der Waals surface area contributed by atoms with Crippen LogP contribution in [0.4, 0.5) is 4.39 Å². The maximum Gasteiger partial charge on any atom is 0.113 e. The van der Waals surface area contributed by atoms with Gasteiger partial charge in [0.2, 0.25) is 0 Å². The quantitative estimate of drug-likeness (QED) is 0.644. The lowest BCUT2D eigenvalue weighted by Crippen LogP contribution is -2.32. The fraction of sp³-hybridized carbons (Fsp3) is 1.00. The van der Waals surface area contributed by atoms with Gasteiger partial charge in [-0.1, -0.05) is 0 Å². The molecule has 1 atom stereocenters. The van der Waals surface area contributed by atoms with E-state index in [0.29, 0.717) is 13.2 Å². The summed E-state index contributed by atoms with van der Waals surface area (Å²) in [4.78, 5) is 2.15. The number of halogens is 1. The molecule has 0 amide bonds. The van der Waals surface area contributed by atoms with Crippen LogP contribution in [0.15, 0.2) is 0 Å². The van der Waals surface area contributed by atoms with Crippen LogP contribution >= 0.6 is 0 Å². The SMILES string of the molecule is COCCN1CCCCC(F)C1. The van der Waals surface area contributed by atoms with Crippen molar-refractivity contribution in [1.29, 1.82) is 0 Å². The third kappa shape index (κ3) is 3.50. The summed E-state index contributed by atoms with van der Waals surface area (Å²) in [7, 11) is 1.69. The summed E-state index contributed by atoms with van der Waals surface area (Å²) >= 11 is 0. The van der Waals surface area contributed by atoms with Crippen molar-refractivity contribution in [3.05, 3.63) is 0 Å². The zero-order chi connectivity index (χ0) is 8.81. The molecule has 1 rings (SSSR count). The average Bonchev–Trinajstić information content (AvgIpc) is 2.26. The van der Waals surface area contributed by atoms with E-state index in [9.17, 15) is 4.39 Å². The zero-order valence-corrected chi connectivity index (χ0v) is 7.76. The molecule has 0 aromatic rings. The van der Waals surface area contributed by atoms with Crippen molar-refractivity contribution < 1.29 is 9.13 Å². The van der Waals surface area contributed by atoms with Crippen molar-refractivity contribution >= 4 is 0 Å². The maximum absolute atomic E-state index is 13.0. The van der Waals surface area contributed by atoms with Gasteiger partial charge in [-0.2, -0.15) is 0 Å². The Labute approximate surface area is 73.7 Å². The minimum absolute atomic E-state index is 0.601. The van der Waals surface area contributed by atoms with Crippen LogP contribution in [0.5, 0.6) is 0 Å². The molecule has 0 radical (unpaired) electrons. The Morgan fingerprint density at radius 2 is 2.33 bits per heavy atom. The highest BCUT2D eigenvalue weighted by molar-refractivity contribution is 4.69. The van der Waals surface area contributed by atoms with Gasteiger partial charge < -0.3 is 4.74 Å². The molecule has 0 aromatic carbocycles. The zero-order valence-electron chi connectivity index (χ0n) is 7.76. The summed E-state index contributed by atoms with van der Waals surface area (Å²) in [5.74, 6) is 0. The monoisotopic (exact) mass is 175 g/mol. The smallest absolute Gasteiger partial charge is 0.113 e. The lowest BCUT2D eigenvalue weighted by atomic mass is 10.2. The van der Waals surface area contributed by atoms with Crippen molar-refractivity contribution in [2.24, 2.45) is 0 Å². The minimum Gasteiger partial charge on any atom is -0.383 e. The lowest BCUT2D eigenvalue weighted by Gasteiger charge is -2.19. The second-order valence-electron chi connectivity index (χ2n) is 3.39. The second-order valence-corrected chi connectivity index (χ2v) is 3.39. The summed E-state index contributed by atoms with van der Waals surface area (Å²) in [6.07, 6.45) is 2.28. The normalized spacial score (nSPS) is 27.0. The van der Waals surface area contributed by atoms with Crippen LogP contribution in [0.25, 0.3) is 0 Å². The first-order valence-electron chi connectivity index (χ1n) is 4.68. The predicted octanol–water partition coefficient (Wildman–Crippen LogP) is 1.46. The highest BCUT2D eigenvalue weighted by Crippen LogP contribution is 2.12. The van der Waals surface area contributed by atoms with Gasteiger partial charge in [-0.15, -0.1) is 0 Å². The first-order valence-corrected chi connectivity index (χ1v) is 4.68. The van der Waals surface area contributed by atoms with Crippen LogP contribution in [0.1, 0.15) is 19.3 Å². The Kier molecular flexibility index (Phi) is 4.54. The van der Waals surface area contributed by atoms with Gasteiger partial charge in [-0.3, -0.25) is 4.90 Å². The molecule has 1 heterocycles. The molecule has 0 spiro atoms. The van der Waals surface area contributed by atoms with Crippen molar-refractivity contribution in [3.8, 4) is 0 Å². The Hall–Kier alpha value is -0.150. The average molecular weight is 175 g/mol. The van der Waals surface area contributed by atoms with Crippen molar-refractivity contribution in [1.82, 2.24) is 4.90 Å². The molecule has 1 saturated heterocycles. The van der Waals surface area contributed by atoms with Gasteiger partial charge in [0.15, 0.2) is 0 Å². The molecule has 1 aliphatic heterocycles. The first kappa shape index (κ1) is 9.93. The van der Waals surface area contributed by atoms with Crippen LogP contribution in [-0.2, 0) is 4.74 Å². The van der Waals surface area contributed by atoms with Gasteiger partial charge in [0, 0.05) is 20.2 Å². The largest absolute Gasteiger partial charge is 0.383 e. The Bertz CT molecular complexity index is 121. The summed E-state index contributed by atoms with van der Waals surface area (Å²) < 4.78 is 18.0. The highest BCUT2D eigenvalue weighted by Gasteiger charge is 2.16. The first-order chi connectivity index (χ1) is 5.83. The van der Waals surface area contributed by atoms with Crippen molar-refractivity contribution in [3.63, 3.8) is 0 Å². The van der Waals surface area contributed by atoms with E-state index in [4.69, 9.17) is 4.74 Å². The van der Waals surface area contributed by atoms with E-state index in [0.717, 1.165) is 32.4 Å².